The highest BCUT2D eigenvalue weighted by atomic mass is 32.2. The Bertz CT molecular complexity index is 700. The van der Waals surface area contributed by atoms with Crippen LogP contribution in [0.4, 0.5) is 10.1 Å². The average Bonchev–Trinajstić information content (AvgIpc) is 2.53. The normalized spacial score (nSPS) is 13.0. The number of carbonyl (C=O) groups excluding carboxylic acids is 2. The number of amides is 1. The van der Waals surface area contributed by atoms with Crippen LogP contribution >= 0.6 is 11.8 Å². The second kappa shape index (κ2) is 4.51. The van der Waals surface area contributed by atoms with Gasteiger partial charge in [-0.25, -0.2) is 4.39 Å². The Balaban J connectivity index is 2.14. The predicted molar refractivity (Wildman–Crippen MR) is 70.3 cm³/mol. The van der Waals surface area contributed by atoms with Gasteiger partial charge >= 0.3 is 0 Å². The first-order chi connectivity index (χ1) is 9.17. The summed E-state index contributed by atoms with van der Waals surface area (Å²) >= 11 is 1.30. The van der Waals surface area contributed by atoms with Crippen LogP contribution in [0.15, 0.2) is 46.2 Å². The molecule has 2 aromatic rings. The minimum atomic E-state index is -0.382. The van der Waals surface area contributed by atoms with Crippen LogP contribution in [0.1, 0.15) is 20.7 Å². The van der Waals surface area contributed by atoms with Crippen molar-refractivity contribution in [3.8, 4) is 0 Å². The molecule has 0 radical (unpaired) electrons. The molecule has 0 bridgehead atoms. The van der Waals surface area contributed by atoms with Gasteiger partial charge in [-0.05, 0) is 30.3 Å². The second-order valence-electron chi connectivity index (χ2n) is 4.07. The van der Waals surface area contributed by atoms with E-state index < -0.39 is 0 Å². The van der Waals surface area contributed by atoms with E-state index in [0.717, 1.165) is 11.2 Å². The summed E-state index contributed by atoms with van der Waals surface area (Å²) in [6, 6.07) is 9.06. The molecule has 0 atom stereocenters. The van der Waals surface area contributed by atoms with Crippen molar-refractivity contribution >= 4 is 29.6 Å². The van der Waals surface area contributed by atoms with Gasteiger partial charge in [0.05, 0.1) is 11.3 Å². The highest BCUT2D eigenvalue weighted by Crippen LogP contribution is 2.39. The smallest absolute Gasteiger partial charge is 0.256 e. The third kappa shape index (κ3) is 2.13. The molecule has 19 heavy (non-hydrogen) atoms. The monoisotopic (exact) mass is 273 g/mol. The van der Waals surface area contributed by atoms with E-state index in [1.165, 1.54) is 30.0 Å². The number of hydrogen-bond acceptors (Lipinski definition) is 3. The molecule has 5 heteroatoms. The lowest BCUT2D eigenvalue weighted by Gasteiger charge is -2.05. The molecule has 0 aromatic heterocycles. The number of nitrogens with one attached hydrogen (secondary N) is 1. The molecule has 1 heterocycles. The lowest BCUT2D eigenvalue weighted by atomic mass is 10.2. The molecule has 1 N–H and O–H groups in total. The summed E-state index contributed by atoms with van der Waals surface area (Å²) in [5, 5.41) is 2.73. The van der Waals surface area contributed by atoms with Gasteiger partial charge in [-0.3, -0.25) is 9.59 Å². The number of benzene rings is 2. The van der Waals surface area contributed by atoms with Gasteiger partial charge in [0.2, 0.25) is 0 Å². The van der Waals surface area contributed by atoms with Gasteiger partial charge < -0.3 is 5.32 Å². The zero-order chi connectivity index (χ0) is 13.4. The van der Waals surface area contributed by atoms with Crippen molar-refractivity contribution in [1.29, 1.82) is 0 Å². The number of aldehydes is 1. The fourth-order valence-corrected chi connectivity index (χ4v) is 2.92. The van der Waals surface area contributed by atoms with Gasteiger partial charge in [-0.1, -0.05) is 17.8 Å². The molecule has 1 aliphatic rings. The summed E-state index contributed by atoms with van der Waals surface area (Å²) in [6.07, 6.45) is 0.717. The third-order valence-electron chi connectivity index (χ3n) is 2.80. The SMILES string of the molecule is O=Cc1ccc2c(c1)NC(=O)c1ccc(F)cc1S2. The third-order valence-corrected chi connectivity index (χ3v) is 3.93. The second-order valence-corrected chi connectivity index (χ2v) is 5.15. The molecule has 1 aliphatic heterocycles. The van der Waals surface area contributed by atoms with Crippen LogP contribution in [0.3, 0.4) is 0 Å². The molecule has 2 aromatic carbocycles. The van der Waals surface area contributed by atoms with Crippen molar-refractivity contribution in [2.75, 3.05) is 5.32 Å². The fraction of sp³-hybridized carbons (Fsp3) is 0. The summed E-state index contributed by atoms with van der Waals surface area (Å²) in [4.78, 5) is 24.1. The lowest BCUT2D eigenvalue weighted by molar-refractivity contribution is 0.102. The van der Waals surface area contributed by atoms with Gasteiger partial charge in [0.25, 0.3) is 5.91 Å². The van der Waals surface area contributed by atoms with E-state index in [1.54, 1.807) is 18.2 Å². The summed E-state index contributed by atoms with van der Waals surface area (Å²) in [6.45, 7) is 0. The molecule has 3 nitrogen and oxygen atoms in total. The molecule has 3 rings (SSSR count). The maximum Gasteiger partial charge on any atom is 0.256 e. The van der Waals surface area contributed by atoms with Crippen molar-refractivity contribution in [3.05, 3.63) is 53.3 Å². The van der Waals surface area contributed by atoms with Gasteiger partial charge in [0, 0.05) is 15.4 Å². The topological polar surface area (TPSA) is 46.2 Å². The van der Waals surface area contributed by atoms with E-state index >= 15 is 0 Å². The Morgan fingerprint density at radius 1 is 1.11 bits per heavy atom. The maximum atomic E-state index is 13.3. The molecular formula is C14H8FNO2S. The molecular weight excluding hydrogens is 265 g/mol. The van der Waals surface area contributed by atoms with E-state index in [4.69, 9.17) is 0 Å². The van der Waals surface area contributed by atoms with Gasteiger partial charge in [0.15, 0.2) is 0 Å². The van der Waals surface area contributed by atoms with Gasteiger partial charge in [-0.15, -0.1) is 0 Å². The van der Waals surface area contributed by atoms with E-state index in [1.807, 2.05) is 0 Å². The Morgan fingerprint density at radius 2 is 1.95 bits per heavy atom. The van der Waals surface area contributed by atoms with Crippen LogP contribution in [0.5, 0.6) is 0 Å². The molecule has 0 fully saturated rings. The van der Waals surface area contributed by atoms with Crippen LogP contribution in [-0.4, -0.2) is 12.2 Å². The standard InChI is InChI=1S/C14H8FNO2S/c15-9-2-3-10-13(6-9)19-12-4-1-8(7-17)5-11(12)16-14(10)18/h1-7H,(H,16,18). The zero-order valence-corrected chi connectivity index (χ0v) is 10.5. The van der Waals surface area contributed by atoms with Gasteiger partial charge in [-0.2, -0.15) is 0 Å². The molecule has 1 amide bonds. The van der Waals surface area contributed by atoms with Crippen LogP contribution in [-0.2, 0) is 0 Å². The maximum absolute atomic E-state index is 13.3. The number of fused-ring (bicyclic) bond motifs is 2. The number of carbonyl (C=O) groups is 2. The summed E-state index contributed by atoms with van der Waals surface area (Å²) < 4.78 is 13.3. The minimum absolute atomic E-state index is 0.302. The van der Waals surface area contributed by atoms with Crippen molar-refractivity contribution in [2.45, 2.75) is 9.79 Å². The first kappa shape index (κ1) is 11.9. The number of hydrogen-bond donors (Lipinski definition) is 1. The average molecular weight is 273 g/mol. The van der Waals surface area contributed by atoms with Crippen molar-refractivity contribution < 1.29 is 14.0 Å². The highest BCUT2D eigenvalue weighted by Gasteiger charge is 2.20. The highest BCUT2D eigenvalue weighted by molar-refractivity contribution is 7.99. The molecule has 0 saturated heterocycles. The zero-order valence-electron chi connectivity index (χ0n) is 9.64. The molecule has 0 saturated carbocycles. The Morgan fingerprint density at radius 3 is 2.74 bits per heavy atom. The van der Waals surface area contributed by atoms with E-state index in [9.17, 15) is 14.0 Å². The number of halogens is 1. The minimum Gasteiger partial charge on any atom is -0.321 e. The number of rotatable bonds is 1. The van der Waals surface area contributed by atoms with Crippen molar-refractivity contribution in [2.24, 2.45) is 0 Å². The van der Waals surface area contributed by atoms with Crippen LogP contribution in [0.25, 0.3) is 0 Å². The number of anilines is 1. The summed E-state index contributed by atoms with van der Waals surface area (Å²) in [7, 11) is 0. The molecule has 0 aliphatic carbocycles. The Hall–Kier alpha value is -2.14. The van der Waals surface area contributed by atoms with Crippen LogP contribution < -0.4 is 5.32 Å². The van der Waals surface area contributed by atoms with E-state index in [-0.39, 0.29) is 11.7 Å². The lowest BCUT2D eigenvalue weighted by Crippen LogP contribution is -2.11. The molecule has 0 spiro atoms. The van der Waals surface area contributed by atoms with Crippen molar-refractivity contribution in [1.82, 2.24) is 0 Å². The van der Waals surface area contributed by atoms with Crippen molar-refractivity contribution in [3.63, 3.8) is 0 Å². The first-order valence-electron chi connectivity index (χ1n) is 5.55. The fourth-order valence-electron chi connectivity index (χ4n) is 1.88. The van der Waals surface area contributed by atoms with Crippen LogP contribution in [0.2, 0.25) is 0 Å². The molecule has 94 valence electrons. The van der Waals surface area contributed by atoms with Gasteiger partial charge in [0.1, 0.15) is 12.1 Å². The Kier molecular flexibility index (Phi) is 2.83. The summed E-state index contributed by atoms with van der Waals surface area (Å²) in [5.74, 6) is -0.684. The first-order valence-corrected chi connectivity index (χ1v) is 6.37. The molecule has 0 unspecified atom stereocenters. The predicted octanol–water partition coefficient (Wildman–Crippen LogP) is 3.36. The van der Waals surface area contributed by atoms with Crippen LogP contribution in [0, 0.1) is 5.82 Å². The summed E-state index contributed by atoms with van der Waals surface area (Å²) in [5.41, 5.74) is 1.48. The van der Waals surface area contributed by atoms with E-state index in [2.05, 4.69) is 5.32 Å². The largest absolute Gasteiger partial charge is 0.321 e. The quantitative estimate of drug-likeness (QED) is 0.810. The van der Waals surface area contributed by atoms with E-state index in [0.29, 0.717) is 21.7 Å². The Labute approximate surface area is 112 Å².